The standard InChI is InChI=1S/C21H26N2O3/c1-3-8-16-11-15(13-19(20(16)24)26-4-2)12-17(14-22)21(25)23-18-9-6-5-7-10-18/h3,11-13,18,24H,1,4-10H2,2H3,(H,23,25)/b17-12-. The highest BCUT2D eigenvalue weighted by Gasteiger charge is 2.18. The zero-order valence-corrected chi connectivity index (χ0v) is 15.3. The summed E-state index contributed by atoms with van der Waals surface area (Å²) in [7, 11) is 0. The summed E-state index contributed by atoms with van der Waals surface area (Å²) in [6.07, 6.45) is 9.01. The van der Waals surface area contributed by atoms with Gasteiger partial charge in [-0.1, -0.05) is 25.3 Å². The molecule has 1 fully saturated rings. The van der Waals surface area contributed by atoms with Gasteiger partial charge in [0.2, 0.25) is 0 Å². The third-order valence-corrected chi connectivity index (χ3v) is 4.46. The van der Waals surface area contributed by atoms with Crippen molar-refractivity contribution >= 4 is 12.0 Å². The third kappa shape index (κ3) is 5.13. The maximum Gasteiger partial charge on any atom is 0.262 e. The maximum absolute atomic E-state index is 12.4. The van der Waals surface area contributed by atoms with Crippen molar-refractivity contribution in [2.24, 2.45) is 0 Å². The lowest BCUT2D eigenvalue weighted by Gasteiger charge is -2.22. The molecule has 1 aliphatic rings. The van der Waals surface area contributed by atoms with Crippen molar-refractivity contribution in [3.63, 3.8) is 0 Å². The molecule has 0 spiro atoms. The van der Waals surface area contributed by atoms with Crippen molar-refractivity contribution in [1.29, 1.82) is 5.26 Å². The van der Waals surface area contributed by atoms with Gasteiger partial charge in [-0.15, -0.1) is 6.58 Å². The van der Waals surface area contributed by atoms with E-state index < -0.39 is 0 Å². The normalized spacial score (nSPS) is 15.2. The highest BCUT2D eigenvalue weighted by molar-refractivity contribution is 6.01. The molecule has 1 aromatic carbocycles. The van der Waals surface area contributed by atoms with Crippen molar-refractivity contribution in [3.05, 3.63) is 41.5 Å². The summed E-state index contributed by atoms with van der Waals surface area (Å²) in [5, 5.41) is 22.6. The number of allylic oxidation sites excluding steroid dienone is 1. The number of hydrogen-bond acceptors (Lipinski definition) is 4. The van der Waals surface area contributed by atoms with Crippen molar-refractivity contribution in [2.75, 3.05) is 6.61 Å². The van der Waals surface area contributed by atoms with Crippen LogP contribution in [0.3, 0.4) is 0 Å². The van der Waals surface area contributed by atoms with Gasteiger partial charge in [0.05, 0.1) is 6.61 Å². The molecule has 0 radical (unpaired) electrons. The summed E-state index contributed by atoms with van der Waals surface area (Å²) in [6, 6.07) is 5.50. The first kappa shape index (κ1) is 19.6. The van der Waals surface area contributed by atoms with Crippen molar-refractivity contribution in [1.82, 2.24) is 5.32 Å². The maximum atomic E-state index is 12.4. The Bertz CT molecular complexity index is 726. The van der Waals surface area contributed by atoms with Gasteiger partial charge < -0.3 is 15.2 Å². The molecule has 5 nitrogen and oxygen atoms in total. The van der Waals surface area contributed by atoms with Crippen LogP contribution in [0.15, 0.2) is 30.4 Å². The van der Waals surface area contributed by atoms with Gasteiger partial charge in [0.25, 0.3) is 5.91 Å². The minimum atomic E-state index is -0.351. The Balaban J connectivity index is 2.27. The first-order valence-electron chi connectivity index (χ1n) is 9.11. The number of hydrogen-bond donors (Lipinski definition) is 2. The van der Waals surface area contributed by atoms with Crippen LogP contribution in [0.2, 0.25) is 0 Å². The fraction of sp³-hybridized carbons (Fsp3) is 0.429. The van der Waals surface area contributed by atoms with Gasteiger partial charge in [0, 0.05) is 11.6 Å². The Morgan fingerprint density at radius 3 is 2.77 bits per heavy atom. The molecule has 138 valence electrons. The highest BCUT2D eigenvalue weighted by Crippen LogP contribution is 2.33. The molecule has 1 saturated carbocycles. The summed E-state index contributed by atoms with van der Waals surface area (Å²) in [6.45, 7) is 5.92. The number of nitrogens with zero attached hydrogens (tertiary/aromatic N) is 1. The first-order valence-corrected chi connectivity index (χ1v) is 9.11. The average molecular weight is 354 g/mol. The molecule has 2 rings (SSSR count). The van der Waals surface area contributed by atoms with Gasteiger partial charge >= 0.3 is 0 Å². The molecule has 26 heavy (non-hydrogen) atoms. The number of amides is 1. The minimum Gasteiger partial charge on any atom is -0.504 e. The topological polar surface area (TPSA) is 82.4 Å². The first-order chi connectivity index (χ1) is 12.6. The minimum absolute atomic E-state index is 0.0493. The Morgan fingerprint density at radius 1 is 1.42 bits per heavy atom. The number of nitrogens with one attached hydrogen (secondary N) is 1. The Morgan fingerprint density at radius 2 is 2.15 bits per heavy atom. The van der Waals surface area contributed by atoms with Gasteiger partial charge in [-0.2, -0.15) is 5.26 Å². The molecule has 1 aliphatic carbocycles. The van der Waals surface area contributed by atoms with Crippen LogP contribution in [-0.2, 0) is 11.2 Å². The fourth-order valence-electron chi connectivity index (χ4n) is 3.17. The van der Waals surface area contributed by atoms with Crippen LogP contribution >= 0.6 is 0 Å². The number of phenolic OH excluding ortho intramolecular Hbond substituents is 1. The average Bonchev–Trinajstić information content (AvgIpc) is 2.64. The monoisotopic (exact) mass is 354 g/mol. The SMILES string of the molecule is C=CCc1cc(/C=C(/C#N)C(=O)NC2CCCCC2)cc(OCC)c1O. The summed E-state index contributed by atoms with van der Waals surface area (Å²) in [5.41, 5.74) is 1.33. The van der Waals surface area contributed by atoms with Crippen LogP contribution in [0.1, 0.15) is 50.2 Å². The number of nitriles is 1. The number of benzene rings is 1. The van der Waals surface area contributed by atoms with E-state index in [4.69, 9.17) is 4.74 Å². The molecule has 2 N–H and O–H groups in total. The largest absolute Gasteiger partial charge is 0.504 e. The quantitative estimate of drug-likeness (QED) is 0.442. The highest BCUT2D eigenvalue weighted by atomic mass is 16.5. The molecule has 0 unspecified atom stereocenters. The van der Waals surface area contributed by atoms with E-state index in [9.17, 15) is 15.2 Å². The lowest BCUT2D eigenvalue weighted by molar-refractivity contribution is -0.117. The van der Waals surface area contributed by atoms with Crippen LogP contribution in [0, 0.1) is 11.3 Å². The van der Waals surface area contributed by atoms with Crippen LogP contribution in [0.4, 0.5) is 0 Å². The van der Waals surface area contributed by atoms with Crippen LogP contribution in [-0.4, -0.2) is 23.7 Å². The van der Waals surface area contributed by atoms with Gasteiger partial charge in [0.15, 0.2) is 11.5 Å². The second kappa shape index (κ2) is 9.67. The van der Waals surface area contributed by atoms with E-state index in [1.165, 1.54) is 12.5 Å². The number of aromatic hydroxyl groups is 1. The van der Waals surface area contributed by atoms with E-state index in [0.717, 1.165) is 25.7 Å². The van der Waals surface area contributed by atoms with E-state index in [1.54, 1.807) is 18.2 Å². The predicted octanol–water partition coefficient (Wildman–Crippen LogP) is 3.88. The molecule has 0 bridgehead atoms. The van der Waals surface area contributed by atoms with E-state index >= 15 is 0 Å². The molecule has 1 aromatic rings. The lowest BCUT2D eigenvalue weighted by Crippen LogP contribution is -2.36. The molecule has 1 amide bonds. The van der Waals surface area contributed by atoms with Crippen LogP contribution in [0.5, 0.6) is 11.5 Å². The van der Waals surface area contributed by atoms with E-state index in [-0.39, 0.29) is 23.3 Å². The number of rotatable bonds is 7. The van der Waals surface area contributed by atoms with Crippen molar-refractivity contribution < 1.29 is 14.6 Å². The van der Waals surface area contributed by atoms with Crippen LogP contribution in [0.25, 0.3) is 6.08 Å². The number of carbonyl (C=O) groups excluding carboxylic acids is 1. The van der Waals surface area contributed by atoms with Crippen molar-refractivity contribution in [2.45, 2.75) is 51.5 Å². The van der Waals surface area contributed by atoms with Gasteiger partial charge in [-0.25, -0.2) is 0 Å². The molecule has 0 aromatic heterocycles. The zero-order valence-electron chi connectivity index (χ0n) is 15.3. The van der Waals surface area contributed by atoms with E-state index in [0.29, 0.717) is 29.9 Å². The third-order valence-electron chi connectivity index (χ3n) is 4.46. The molecule has 0 heterocycles. The molecule has 0 saturated heterocycles. The Labute approximate surface area is 155 Å². The zero-order chi connectivity index (χ0) is 18.9. The Kier molecular flexibility index (Phi) is 7.28. The molecular formula is C21H26N2O3. The van der Waals surface area contributed by atoms with Gasteiger partial charge in [-0.3, -0.25) is 4.79 Å². The number of phenols is 1. The molecule has 5 heteroatoms. The molecular weight excluding hydrogens is 328 g/mol. The van der Waals surface area contributed by atoms with Gasteiger partial charge in [-0.05, 0) is 50.0 Å². The summed E-state index contributed by atoms with van der Waals surface area (Å²) < 4.78 is 5.46. The predicted molar refractivity (Wildman–Crippen MR) is 102 cm³/mol. The smallest absolute Gasteiger partial charge is 0.262 e. The fourth-order valence-corrected chi connectivity index (χ4v) is 3.17. The summed E-state index contributed by atoms with van der Waals surface area (Å²) in [4.78, 5) is 12.4. The molecule has 0 atom stereocenters. The number of ether oxygens (including phenoxy) is 1. The Hall–Kier alpha value is -2.74. The molecule has 0 aliphatic heterocycles. The number of carbonyl (C=O) groups is 1. The summed E-state index contributed by atoms with van der Waals surface area (Å²) >= 11 is 0. The van der Waals surface area contributed by atoms with E-state index in [1.807, 2.05) is 13.0 Å². The van der Waals surface area contributed by atoms with Crippen LogP contribution < -0.4 is 10.1 Å². The summed E-state index contributed by atoms with van der Waals surface area (Å²) in [5.74, 6) is 0.0489. The van der Waals surface area contributed by atoms with Gasteiger partial charge in [0.1, 0.15) is 11.6 Å². The van der Waals surface area contributed by atoms with Crippen molar-refractivity contribution in [3.8, 4) is 17.6 Å². The van der Waals surface area contributed by atoms with E-state index in [2.05, 4.69) is 11.9 Å². The lowest BCUT2D eigenvalue weighted by atomic mass is 9.95. The second-order valence-corrected chi connectivity index (χ2v) is 6.43. The second-order valence-electron chi connectivity index (χ2n) is 6.43.